The summed E-state index contributed by atoms with van der Waals surface area (Å²) in [5, 5.41) is 4.46. The Morgan fingerprint density at radius 3 is 2.78 bits per heavy atom. The predicted molar refractivity (Wildman–Crippen MR) is 72.9 cm³/mol. The normalized spacial score (nSPS) is 28.7. The Kier molecular flexibility index (Phi) is 3.95. The van der Waals surface area contributed by atoms with Crippen LogP contribution in [0.4, 0.5) is 0 Å². The molecule has 1 fully saturated rings. The zero-order valence-electron chi connectivity index (χ0n) is 11.9. The van der Waals surface area contributed by atoms with Crippen molar-refractivity contribution in [3.63, 3.8) is 0 Å². The van der Waals surface area contributed by atoms with Crippen LogP contribution in [0, 0.1) is 5.92 Å². The van der Waals surface area contributed by atoms with Crippen molar-refractivity contribution in [2.45, 2.75) is 58.0 Å². The van der Waals surface area contributed by atoms with Crippen molar-refractivity contribution >= 4 is 0 Å². The molecule has 0 amide bonds. The molecule has 2 rings (SSSR count). The SMILES string of the molecule is COc1cnn(C(C)C)c1C1CC(C)CCC1N. The minimum absolute atomic E-state index is 0.226. The maximum Gasteiger partial charge on any atom is 0.160 e. The highest BCUT2D eigenvalue weighted by Gasteiger charge is 2.32. The van der Waals surface area contributed by atoms with Gasteiger partial charge in [-0.2, -0.15) is 5.10 Å². The van der Waals surface area contributed by atoms with Crippen LogP contribution < -0.4 is 10.5 Å². The molecule has 3 unspecified atom stereocenters. The third-order valence-corrected chi connectivity index (χ3v) is 4.02. The second kappa shape index (κ2) is 5.31. The number of ether oxygens (including phenoxy) is 1. The summed E-state index contributed by atoms with van der Waals surface area (Å²) in [6, 6.07) is 0.567. The van der Waals surface area contributed by atoms with E-state index in [2.05, 4.69) is 30.6 Å². The minimum atomic E-state index is 0.226. The van der Waals surface area contributed by atoms with Crippen LogP contribution in [-0.4, -0.2) is 22.9 Å². The van der Waals surface area contributed by atoms with Gasteiger partial charge in [0, 0.05) is 18.0 Å². The van der Waals surface area contributed by atoms with E-state index in [9.17, 15) is 0 Å². The summed E-state index contributed by atoms with van der Waals surface area (Å²) in [7, 11) is 1.71. The smallest absolute Gasteiger partial charge is 0.160 e. The van der Waals surface area contributed by atoms with E-state index in [4.69, 9.17) is 10.5 Å². The third-order valence-electron chi connectivity index (χ3n) is 4.02. The van der Waals surface area contributed by atoms with Crippen LogP contribution >= 0.6 is 0 Å². The Morgan fingerprint density at radius 1 is 1.44 bits per heavy atom. The number of nitrogens with two attached hydrogens (primary N) is 1. The molecular formula is C14H25N3O. The van der Waals surface area contributed by atoms with Crippen LogP contribution in [-0.2, 0) is 0 Å². The lowest BCUT2D eigenvalue weighted by Crippen LogP contribution is -2.35. The quantitative estimate of drug-likeness (QED) is 0.898. The molecule has 0 aromatic carbocycles. The fourth-order valence-corrected chi connectivity index (χ4v) is 3.00. The average Bonchev–Trinajstić information content (AvgIpc) is 2.75. The van der Waals surface area contributed by atoms with Gasteiger partial charge in [-0.25, -0.2) is 0 Å². The van der Waals surface area contributed by atoms with Crippen LogP contribution in [0.3, 0.4) is 0 Å². The number of aromatic nitrogens is 2. The Bertz CT molecular complexity index is 400. The predicted octanol–water partition coefficient (Wildman–Crippen LogP) is 2.70. The summed E-state index contributed by atoms with van der Waals surface area (Å²) >= 11 is 0. The largest absolute Gasteiger partial charge is 0.493 e. The Morgan fingerprint density at radius 2 is 2.17 bits per heavy atom. The molecule has 4 heteroatoms. The van der Waals surface area contributed by atoms with E-state index in [1.54, 1.807) is 7.11 Å². The molecule has 18 heavy (non-hydrogen) atoms. The Labute approximate surface area is 110 Å². The Balaban J connectivity index is 2.37. The first kappa shape index (κ1) is 13.4. The van der Waals surface area contributed by atoms with Gasteiger partial charge in [-0.3, -0.25) is 4.68 Å². The maximum absolute atomic E-state index is 6.33. The molecule has 4 nitrogen and oxygen atoms in total. The van der Waals surface area contributed by atoms with Crippen LogP contribution in [0.25, 0.3) is 0 Å². The van der Waals surface area contributed by atoms with E-state index in [1.807, 2.05) is 6.20 Å². The molecule has 0 saturated heterocycles. The average molecular weight is 251 g/mol. The summed E-state index contributed by atoms with van der Waals surface area (Å²) in [6.45, 7) is 6.60. The van der Waals surface area contributed by atoms with Crippen molar-refractivity contribution in [3.8, 4) is 5.75 Å². The van der Waals surface area contributed by atoms with Crippen LogP contribution in [0.1, 0.15) is 57.7 Å². The van der Waals surface area contributed by atoms with Crippen molar-refractivity contribution in [3.05, 3.63) is 11.9 Å². The molecular weight excluding hydrogens is 226 g/mol. The molecule has 3 atom stereocenters. The molecule has 1 aliphatic rings. The summed E-state index contributed by atoms with van der Waals surface area (Å²) in [6.07, 6.45) is 5.28. The van der Waals surface area contributed by atoms with Gasteiger partial charge >= 0.3 is 0 Å². The van der Waals surface area contributed by atoms with Crippen molar-refractivity contribution in [2.75, 3.05) is 7.11 Å². The minimum Gasteiger partial charge on any atom is -0.493 e. The highest BCUT2D eigenvalue weighted by atomic mass is 16.5. The van der Waals surface area contributed by atoms with Crippen LogP contribution in [0.2, 0.25) is 0 Å². The van der Waals surface area contributed by atoms with Crippen molar-refractivity contribution in [2.24, 2.45) is 11.7 Å². The number of hydrogen-bond acceptors (Lipinski definition) is 3. The first-order chi connectivity index (χ1) is 8.54. The molecule has 0 radical (unpaired) electrons. The van der Waals surface area contributed by atoms with Gasteiger partial charge in [-0.05, 0) is 39.0 Å². The van der Waals surface area contributed by atoms with Crippen molar-refractivity contribution in [1.82, 2.24) is 9.78 Å². The zero-order chi connectivity index (χ0) is 13.3. The van der Waals surface area contributed by atoms with E-state index in [-0.39, 0.29) is 6.04 Å². The second-order valence-electron chi connectivity index (χ2n) is 5.83. The topological polar surface area (TPSA) is 53.1 Å². The molecule has 1 aromatic heterocycles. The van der Waals surface area contributed by atoms with E-state index in [0.29, 0.717) is 12.0 Å². The van der Waals surface area contributed by atoms with Gasteiger partial charge in [0.2, 0.25) is 0 Å². The number of hydrogen-bond donors (Lipinski definition) is 1. The van der Waals surface area contributed by atoms with E-state index in [1.165, 1.54) is 12.1 Å². The van der Waals surface area contributed by atoms with Gasteiger partial charge in [-0.1, -0.05) is 6.92 Å². The number of nitrogens with zero attached hydrogens (tertiary/aromatic N) is 2. The van der Waals surface area contributed by atoms with Crippen LogP contribution in [0.5, 0.6) is 5.75 Å². The highest BCUT2D eigenvalue weighted by molar-refractivity contribution is 5.31. The third kappa shape index (κ3) is 2.39. The van der Waals surface area contributed by atoms with Gasteiger partial charge in [0.05, 0.1) is 19.0 Å². The number of rotatable bonds is 3. The standard InChI is InChI=1S/C14H25N3O/c1-9(2)17-14(13(18-4)8-16-17)11-7-10(3)5-6-12(11)15/h8-12H,5-7,15H2,1-4H3. The van der Waals surface area contributed by atoms with Crippen molar-refractivity contribution < 1.29 is 4.74 Å². The second-order valence-corrected chi connectivity index (χ2v) is 5.83. The maximum atomic E-state index is 6.33. The summed E-state index contributed by atoms with van der Waals surface area (Å²) < 4.78 is 7.54. The van der Waals surface area contributed by atoms with Gasteiger partial charge in [0.15, 0.2) is 5.75 Å². The van der Waals surface area contributed by atoms with E-state index < -0.39 is 0 Å². The highest BCUT2D eigenvalue weighted by Crippen LogP contribution is 2.39. The zero-order valence-corrected chi connectivity index (χ0v) is 11.9. The first-order valence-electron chi connectivity index (χ1n) is 6.91. The molecule has 0 spiro atoms. The van der Waals surface area contributed by atoms with Gasteiger partial charge in [0.1, 0.15) is 0 Å². The van der Waals surface area contributed by atoms with Gasteiger partial charge in [0.25, 0.3) is 0 Å². The lowest BCUT2D eigenvalue weighted by atomic mass is 9.77. The first-order valence-corrected chi connectivity index (χ1v) is 6.91. The molecule has 0 bridgehead atoms. The monoisotopic (exact) mass is 251 g/mol. The lowest BCUT2D eigenvalue weighted by molar-refractivity contribution is 0.283. The fraction of sp³-hybridized carbons (Fsp3) is 0.786. The molecule has 102 valence electrons. The molecule has 1 aliphatic carbocycles. The van der Waals surface area contributed by atoms with Crippen molar-refractivity contribution in [1.29, 1.82) is 0 Å². The molecule has 2 N–H and O–H groups in total. The Hall–Kier alpha value is -1.03. The van der Waals surface area contributed by atoms with Crippen LogP contribution in [0.15, 0.2) is 6.20 Å². The summed E-state index contributed by atoms with van der Waals surface area (Å²) in [4.78, 5) is 0. The lowest BCUT2D eigenvalue weighted by Gasteiger charge is -2.33. The van der Waals surface area contributed by atoms with E-state index in [0.717, 1.165) is 24.5 Å². The summed E-state index contributed by atoms with van der Waals surface area (Å²) in [5.74, 6) is 1.99. The molecule has 0 aliphatic heterocycles. The van der Waals surface area contributed by atoms with Gasteiger partial charge in [-0.15, -0.1) is 0 Å². The van der Waals surface area contributed by atoms with E-state index >= 15 is 0 Å². The number of methoxy groups -OCH3 is 1. The molecule has 1 saturated carbocycles. The summed E-state index contributed by atoms with van der Waals surface area (Å²) in [5.41, 5.74) is 7.51. The molecule has 1 aromatic rings. The molecule has 1 heterocycles. The fourth-order valence-electron chi connectivity index (χ4n) is 3.00. The van der Waals surface area contributed by atoms with Gasteiger partial charge < -0.3 is 10.5 Å².